The number of furan rings is 1. The molecule has 0 spiro atoms. The molecule has 9 aromatic rings. The monoisotopic (exact) mass is 551 g/mol. The van der Waals surface area contributed by atoms with Gasteiger partial charge >= 0.3 is 0 Å². The Labute approximate surface area is 256 Å². The third kappa shape index (κ3) is 3.58. The number of rotatable bonds is 3. The van der Waals surface area contributed by atoms with Gasteiger partial charge in [-0.2, -0.15) is 0 Å². The molecule has 0 aliphatic rings. The van der Waals surface area contributed by atoms with Crippen LogP contribution in [0.1, 0.15) is 6.85 Å². The normalized spacial score (nSPS) is 13.3. The van der Waals surface area contributed by atoms with E-state index in [1.54, 1.807) is 0 Å². The third-order valence-electron chi connectivity index (χ3n) is 8.57. The van der Waals surface area contributed by atoms with Gasteiger partial charge in [-0.05, 0) is 66.2 Å². The summed E-state index contributed by atoms with van der Waals surface area (Å²) in [7, 11) is 0. The summed E-state index contributed by atoms with van der Waals surface area (Å²) in [5.74, 6) is 0. The highest BCUT2D eigenvalue weighted by molar-refractivity contribution is 6.24. The maximum absolute atomic E-state index is 8.87. The Morgan fingerprint density at radius 2 is 0.884 bits per heavy atom. The molecule has 0 amide bonds. The van der Waals surface area contributed by atoms with E-state index >= 15 is 0 Å². The van der Waals surface area contributed by atoms with Crippen LogP contribution in [-0.4, -0.2) is 0 Å². The van der Waals surface area contributed by atoms with E-state index in [0.717, 1.165) is 76.5 Å². The fourth-order valence-electron chi connectivity index (χ4n) is 6.77. The lowest BCUT2D eigenvalue weighted by Gasteiger charge is -2.19. The van der Waals surface area contributed by atoms with E-state index in [2.05, 4.69) is 72.8 Å². The van der Waals surface area contributed by atoms with Gasteiger partial charge in [-0.25, -0.2) is 0 Å². The second-order valence-electron chi connectivity index (χ2n) is 10.8. The molecule has 0 bridgehead atoms. The standard InChI is InChI=1S/C42H26O/c1-2-13-27(14-3-1)40-32-18-6-8-20-34(32)41(35-21-9-7-19-33(35)40)36-26-25-30(28-15-4-5-16-29(28)36)37-22-12-23-38-31-17-10-11-24-39(31)43-42(37)38/h1-26H/i1D,2D,3D,13D,14D. The van der Waals surface area contributed by atoms with E-state index in [0.29, 0.717) is 5.56 Å². The van der Waals surface area contributed by atoms with Crippen LogP contribution < -0.4 is 0 Å². The number of fused-ring (bicyclic) bond motifs is 6. The number of hydrogen-bond donors (Lipinski definition) is 0. The van der Waals surface area contributed by atoms with Gasteiger partial charge in [-0.15, -0.1) is 0 Å². The fraction of sp³-hybridized carbons (Fsp3) is 0. The van der Waals surface area contributed by atoms with Crippen molar-refractivity contribution in [3.63, 3.8) is 0 Å². The van der Waals surface area contributed by atoms with Gasteiger partial charge in [0, 0.05) is 16.3 Å². The van der Waals surface area contributed by atoms with Crippen molar-refractivity contribution in [2.24, 2.45) is 0 Å². The van der Waals surface area contributed by atoms with Crippen LogP contribution in [0.2, 0.25) is 0 Å². The Hall–Kier alpha value is -5.66. The van der Waals surface area contributed by atoms with Gasteiger partial charge in [-0.3, -0.25) is 0 Å². The molecule has 1 heterocycles. The molecule has 0 saturated heterocycles. The van der Waals surface area contributed by atoms with Crippen LogP contribution >= 0.6 is 0 Å². The van der Waals surface area contributed by atoms with Gasteiger partial charge in [-0.1, -0.05) is 152 Å². The smallest absolute Gasteiger partial charge is 0.143 e. The third-order valence-corrected chi connectivity index (χ3v) is 8.57. The molecule has 0 aliphatic carbocycles. The zero-order chi connectivity index (χ0) is 32.7. The first-order valence-electron chi connectivity index (χ1n) is 16.9. The molecule has 0 fully saturated rings. The highest BCUT2D eigenvalue weighted by Crippen LogP contribution is 2.47. The number of para-hydroxylation sites is 2. The summed E-state index contributed by atoms with van der Waals surface area (Å²) in [6.07, 6.45) is 0. The maximum atomic E-state index is 8.87. The van der Waals surface area contributed by atoms with E-state index in [9.17, 15) is 0 Å². The molecule has 200 valence electrons. The first kappa shape index (κ1) is 19.5. The van der Waals surface area contributed by atoms with Crippen molar-refractivity contribution in [1.29, 1.82) is 0 Å². The lowest BCUT2D eigenvalue weighted by atomic mass is 9.84. The summed E-state index contributed by atoms with van der Waals surface area (Å²) < 4.78 is 49.2. The van der Waals surface area contributed by atoms with Crippen LogP contribution in [0.4, 0.5) is 0 Å². The molecule has 1 nitrogen and oxygen atoms in total. The Kier molecular flexibility index (Phi) is 4.27. The Balaban J connectivity index is 1.38. The van der Waals surface area contributed by atoms with Gasteiger partial charge in [0.05, 0.1) is 6.85 Å². The topological polar surface area (TPSA) is 13.1 Å². The molecule has 0 atom stereocenters. The molecule has 1 heteroatoms. The molecule has 43 heavy (non-hydrogen) atoms. The second-order valence-corrected chi connectivity index (χ2v) is 10.8. The quantitative estimate of drug-likeness (QED) is 0.199. The summed E-state index contributed by atoms with van der Waals surface area (Å²) in [4.78, 5) is 0. The summed E-state index contributed by atoms with van der Waals surface area (Å²) in [5.41, 5.74) is 6.74. The fourth-order valence-corrected chi connectivity index (χ4v) is 6.77. The highest BCUT2D eigenvalue weighted by atomic mass is 16.3. The predicted octanol–water partition coefficient (Wildman–Crippen LogP) is 12.0. The zero-order valence-electron chi connectivity index (χ0n) is 28.0. The van der Waals surface area contributed by atoms with Gasteiger partial charge < -0.3 is 4.42 Å². The van der Waals surface area contributed by atoms with Crippen molar-refractivity contribution in [2.45, 2.75) is 0 Å². The van der Waals surface area contributed by atoms with E-state index in [-0.39, 0.29) is 29.7 Å². The van der Waals surface area contributed by atoms with Crippen molar-refractivity contribution in [2.75, 3.05) is 0 Å². The lowest BCUT2D eigenvalue weighted by molar-refractivity contribution is 0.670. The van der Waals surface area contributed by atoms with Crippen molar-refractivity contribution in [1.82, 2.24) is 0 Å². The molecule has 0 unspecified atom stereocenters. The average molecular weight is 552 g/mol. The molecule has 8 aromatic carbocycles. The molecule has 1 aromatic heterocycles. The molecule has 0 radical (unpaired) electrons. The van der Waals surface area contributed by atoms with Crippen LogP contribution in [0.5, 0.6) is 0 Å². The Bertz CT molecular complexity index is 2710. The van der Waals surface area contributed by atoms with Crippen LogP contribution in [-0.2, 0) is 0 Å². The molecule has 0 saturated carbocycles. The SMILES string of the molecule is [2H]c1c([2H])c([2H])c(-c2c3ccccc3c(-c3ccc(-c4cccc5c4oc4ccccc45)c4ccccc34)c3ccccc23)c([2H])c1[2H]. The molecule has 0 aliphatic heterocycles. The number of hydrogen-bond acceptors (Lipinski definition) is 1. The minimum atomic E-state index is -0.399. The molecule has 0 N–H and O–H groups in total. The van der Waals surface area contributed by atoms with Crippen molar-refractivity contribution < 1.29 is 11.3 Å². The van der Waals surface area contributed by atoms with Gasteiger partial charge in [0.15, 0.2) is 0 Å². The van der Waals surface area contributed by atoms with E-state index in [4.69, 9.17) is 11.3 Å². The first-order chi connectivity index (χ1) is 23.4. The highest BCUT2D eigenvalue weighted by Gasteiger charge is 2.20. The van der Waals surface area contributed by atoms with Gasteiger partial charge in [0.1, 0.15) is 11.2 Å². The van der Waals surface area contributed by atoms with Crippen LogP contribution in [0.15, 0.2) is 162 Å². The minimum absolute atomic E-state index is 0.207. The van der Waals surface area contributed by atoms with E-state index in [1.807, 2.05) is 54.6 Å². The van der Waals surface area contributed by atoms with E-state index < -0.39 is 6.04 Å². The lowest BCUT2D eigenvalue weighted by Crippen LogP contribution is -1.92. The van der Waals surface area contributed by atoms with E-state index in [1.165, 1.54) is 0 Å². The maximum Gasteiger partial charge on any atom is 0.143 e. The average Bonchev–Trinajstić information content (AvgIpc) is 3.52. The summed E-state index contributed by atoms with van der Waals surface area (Å²) in [5, 5.41) is 7.86. The Morgan fingerprint density at radius 3 is 1.56 bits per heavy atom. The largest absolute Gasteiger partial charge is 0.455 e. The van der Waals surface area contributed by atoms with Crippen LogP contribution in [0.25, 0.3) is 87.6 Å². The first-order valence-corrected chi connectivity index (χ1v) is 14.4. The minimum Gasteiger partial charge on any atom is -0.455 e. The van der Waals surface area contributed by atoms with Gasteiger partial charge in [0.25, 0.3) is 0 Å². The molecule has 9 rings (SSSR count). The summed E-state index contributed by atoms with van der Waals surface area (Å²) in [6.45, 7) is 0. The van der Waals surface area contributed by atoms with Crippen LogP contribution in [0, 0.1) is 0 Å². The summed E-state index contributed by atoms with van der Waals surface area (Å²) >= 11 is 0. The summed E-state index contributed by atoms with van der Waals surface area (Å²) in [6, 6.07) is 41.7. The number of benzene rings is 8. The van der Waals surface area contributed by atoms with Crippen molar-refractivity contribution in [3.05, 3.63) is 158 Å². The molecular formula is C42H26O. The van der Waals surface area contributed by atoms with Crippen LogP contribution in [0.3, 0.4) is 0 Å². The second kappa shape index (κ2) is 9.44. The predicted molar refractivity (Wildman–Crippen MR) is 183 cm³/mol. The Morgan fingerprint density at radius 1 is 0.372 bits per heavy atom. The molecular weight excluding hydrogens is 520 g/mol. The van der Waals surface area contributed by atoms with Crippen molar-refractivity contribution >= 4 is 54.3 Å². The van der Waals surface area contributed by atoms with Gasteiger partial charge in [0.2, 0.25) is 0 Å². The zero-order valence-corrected chi connectivity index (χ0v) is 23.0. The van der Waals surface area contributed by atoms with Crippen molar-refractivity contribution in [3.8, 4) is 33.4 Å².